The quantitative estimate of drug-likeness (QED) is 0.865. The van der Waals surface area contributed by atoms with Crippen molar-refractivity contribution in [3.05, 3.63) is 20.8 Å². The monoisotopic (exact) mass is 275 g/mol. The van der Waals surface area contributed by atoms with Gasteiger partial charge in [-0.05, 0) is 46.8 Å². The summed E-state index contributed by atoms with van der Waals surface area (Å²) in [5.74, 6) is 0.731. The van der Waals surface area contributed by atoms with Crippen molar-refractivity contribution in [3.8, 4) is 0 Å². The highest BCUT2D eigenvalue weighted by Crippen LogP contribution is 2.25. The molecule has 0 aromatic carbocycles. The number of rotatable bonds is 5. The molecule has 1 rings (SSSR count). The van der Waals surface area contributed by atoms with Gasteiger partial charge in [0, 0.05) is 15.4 Å². The summed E-state index contributed by atoms with van der Waals surface area (Å²) >= 11 is 5.41. The van der Waals surface area contributed by atoms with Crippen LogP contribution in [0, 0.1) is 5.92 Å². The van der Waals surface area contributed by atoms with Crippen LogP contribution in [0.4, 0.5) is 0 Å². The smallest absolute Gasteiger partial charge is 0.0314 e. The van der Waals surface area contributed by atoms with Gasteiger partial charge < -0.3 is 5.32 Å². The summed E-state index contributed by atoms with van der Waals surface area (Å²) in [5, 5.41) is 5.55. The molecular formula is C11H18BrNS. The van der Waals surface area contributed by atoms with Crippen molar-refractivity contribution in [1.29, 1.82) is 0 Å². The maximum Gasteiger partial charge on any atom is 0.0314 e. The molecule has 0 radical (unpaired) electrons. The van der Waals surface area contributed by atoms with Gasteiger partial charge in [-0.15, -0.1) is 11.3 Å². The Bertz CT molecular complexity index is 272. The fraction of sp³-hybridized carbons (Fsp3) is 0.636. The number of thiophene rings is 1. The number of hydrogen-bond acceptors (Lipinski definition) is 2. The SMILES string of the molecule is CCC(C)C(Cc1sccc1Br)NC. The van der Waals surface area contributed by atoms with Gasteiger partial charge in [-0.3, -0.25) is 0 Å². The molecule has 2 atom stereocenters. The third kappa shape index (κ3) is 3.07. The Morgan fingerprint density at radius 2 is 2.29 bits per heavy atom. The van der Waals surface area contributed by atoms with Gasteiger partial charge in [-0.1, -0.05) is 20.3 Å². The van der Waals surface area contributed by atoms with Crippen molar-refractivity contribution in [3.63, 3.8) is 0 Å². The highest BCUT2D eigenvalue weighted by Gasteiger charge is 2.15. The van der Waals surface area contributed by atoms with E-state index < -0.39 is 0 Å². The Kier molecular flexibility index (Phi) is 5.13. The first-order chi connectivity index (χ1) is 6.69. The Morgan fingerprint density at radius 1 is 1.57 bits per heavy atom. The van der Waals surface area contributed by atoms with Gasteiger partial charge in [0.1, 0.15) is 0 Å². The van der Waals surface area contributed by atoms with E-state index in [1.165, 1.54) is 15.8 Å². The molecule has 1 aromatic rings. The lowest BCUT2D eigenvalue weighted by Gasteiger charge is -2.21. The van der Waals surface area contributed by atoms with Crippen molar-refractivity contribution < 1.29 is 0 Å². The largest absolute Gasteiger partial charge is 0.316 e. The predicted molar refractivity (Wildman–Crippen MR) is 68.0 cm³/mol. The first-order valence-electron chi connectivity index (χ1n) is 5.08. The Morgan fingerprint density at radius 3 is 2.71 bits per heavy atom. The second-order valence-electron chi connectivity index (χ2n) is 3.68. The highest BCUT2D eigenvalue weighted by molar-refractivity contribution is 9.10. The third-order valence-electron chi connectivity index (χ3n) is 2.80. The van der Waals surface area contributed by atoms with Crippen LogP contribution in [0.2, 0.25) is 0 Å². The molecule has 0 amide bonds. The third-order valence-corrected chi connectivity index (χ3v) is 4.75. The number of nitrogens with one attached hydrogen (secondary N) is 1. The average molecular weight is 276 g/mol. The molecular weight excluding hydrogens is 258 g/mol. The predicted octanol–water partition coefficient (Wildman–Crippen LogP) is 3.69. The van der Waals surface area contributed by atoms with E-state index in [1.807, 2.05) is 11.3 Å². The average Bonchev–Trinajstić information content (AvgIpc) is 2.59. The van der Waals surface area contributed by atoms with Gasteiger partial charge in [0.15, 0.2) is 0 Å². The van der Waals surface area contributed by atoms with Gasteiger partial charge in [-0.2, -0.15) is 0 Å². The van der Waals surface area contributed by atoms with Crippen molar-refractivity contribution in [2.75, 3.05) is 7.05 Å². The van der Waals surface area contributed by atoms with E-state index in [0.29, 0.717) is 6.04 Å². The number of hydrogen-bond donors (Lipinski definition) is 1. The van der Waals surface area contributed by atoms with E-state index in [9.17, 15) is 0 Å². The van der Waals surface area contributed by atoms with Crippen molar-refractivity contribution in [2.24, 2.45) is 5.92 Å². The normalized spacial score (nSPS) is 15.4. The van der Waals surface area contributed by atoms with Crippen LogP contribution in [0.25, 0.3) is 0 Å². The van der Waals surface area contributed by atoms with Crippen LogP contribution in [-0.2, 0) is 6.42 Å². The maximum atomic E-state index is 3.58. The van der Waals surface area contributed by atoms with Crippen LogP contribution in [0.15, 0.2) is 15.9 Å². The van der Waals surface area contributed by atoms with Crippen LogP contribution in [0.1, 0.15) is 25.1 Å². The van der Waals surface area contributed by atoms with Gasteiger partial charge >= 0.3 is 0 Å². The summed E-state index contributed by atoms with van der Waals surface area (Å²) in [6.07, 6.45) is 2.36. The number of likely N-dealkylation sites (N-methyl/N-ethyl adjacent to an activating group) is 1. The van der Waals surface area contributed by atoms with E-state index in [4.69, 9.17) is 0 Å². The first kappa shape index (κ1) is 12.2. The Labute approximate surface area is 99.0 Å². The van der Waals surface area contributed by atoms with Gasteiger partial charge in [0.05, 0.1) is 0 Å². The molecule has 0 aliphatic heterocycles. The van der Waals surface area contributed by atoms with E-state index >= 15 is 0 Å². The van der Waals surface area contributed by atoms with Crippen LogP contribution in [-0.4, -0.2) is 13.1 Å². The van der Waals surface area contributed by atoms with Crippen LogP contribution >= 0.6 is 27.3 Å². The lowest BCUT2D eigenvalue weighted by atomic mass is 9.96. The fourth-order valence-electron chi connectivity index (χ4n) is 1.54. The minimum Gasteiger partial charge on any atom is -0.316 e. The molecule has 1 N–H and O–H groups in total. The van der Waals surface area contributed by atoms with Gasteiger partial charge in [-0.25, -0.2) is 0 Å². The minimum absolute atomic E-state index is 0.593. The van der Waals surface area contributed by atoms with E-state index in [-0.39, 0.29) is 0 Å². The molecule has 0 aliphatic rings. The second kappa shape index (κ2) is 5.89. The molecule has 0 saturated heterocycles. The standard InChI is InChI=1S/C11H18BrNS/c1-4-8(2)10(13-3)7-11-9(12)5-6-14-11/h5-6,8,10,13H,4,7H2,1-3H3. The topological polar surface area (TPSA) is 12.0 Å². The summed E-state index contributed by atoms with van der Waals surface area (Å²) in [4.78, 5) is 1.45. The van der Waals surface area contributed by atoms with E-state index in [1.54, 1.807) is 0 Å². The Hall–Kier alpha value is 0.140. The van der Waals surface area contributed by atoms with Crippen LogP contribution in [0.5, 0.6) is 0 Å². The second-order valence-corrected chi connectivity index (χ2v) is 5.53. The molecule has 14 heavy (non-hydrogen) atoms. The first-order valence-corrected chi connectivity index (χ1v) is 6.75. The zero-order chi connectivity index (χ0) is 10.6. The van der Waals surface area contributed by atoms with Crippen molar-refractivity contribution >= 4 is 27.3 Å². The molecule has 1 heterocycles. The van der Waals surface area contributed by atoms with Crippen LogP contribution < -0.4 is 5.32 Å². The van der Waals surface area contributed by atoms with Gasteiger partial charge in [0.25, 0.3) is 0 Å². The number of halogens is 1. The lowest BCUT2D eigenvalue weighted by molar-refractivity contribution is 0.388. The summed E-state index contributed by atoms with van der Waals surface area (Å²) in [7, 11) is 2.05. The fourth-order valence-corrected chi connectivity index (χ4v) is 3.12. The molecule has 0 fully saturated rings. The van der Waals surface area contributed by atoms with Crippen LogP contribution in [0.3, 0.4) is 0 Å². The molecule has 0 bridgehead atoms. The molecule has 0 saturated carbocycles. The summed E-state index contributed by atoms with van der Waals surface area (Å²) in [6, 6.07) is 2.72. The molecule has 80 valence electrons. The molecule has 0 aliphatic carbocycles. The summed E-state index contributed by atoms with van der Waals surface area (Å²) in [5.41, 5.74) is 0. The zero-order valence-electron chi connectivity index (χ0n) is 9.01. The minimum atomic E-state index is 0.593. The zero-order valence-corrected chi connectivity index (χ0v) is 11.4. The summed E-state index contributed by atoms with van der Waals surface area (Å²) < 4.78 is 1.26. The molecule has 0 spiro atoms. The maximum absolute atomic E-state index is 3.58. The molecule has 1 nitrogen and oxygen atoms in total. The lowest BCUT2D eigenvalue weighted by Crippen LogP contribution is -2.33. The molecule has 2 unspecified atom stereocenters. The van der Waals surface area contributed by atoms with Gasteiger partial charge in [0.2, 0.25) is 0 Å². The molecule has 1 aromatic heterocycles. The van der Waals surface area contributed by atoms with Crippen molar-refractivity contribution in [2.45, 2.75) is 32.7 Å². The Balaban J connectivity index is 2.61. The van der Waals surface area contributed by atoms with Crippen molar-refractivity contribution in [1.82, 2.24) is 5.32 Å². The van der Waals surface area contributed by atoms with E-state index in [0.717, 1.165) is 12.3 Å². The highest BCUT2D eigenvalue weighted by atomic mass is 79.9. The molecule has 3 heteroatoms. The summed E-state index contributed by atoms with van der Waals surface area (Å²) in [6.45, 7) is 4.56. The van der Waals surface area contributed by atoms with E-state index in [2.05, 4.69) is 53.6 Å².